The zero-order valence-electron chi connectivity index (χ0n) is 17.7. The molecular weight excluding hydrogens is 451 g/mol. The summed E-state index contributed by atoms with van der Waals surface area (Å²) in [4.78, 5) is 27.0. The van der Waals surface area contributed by atoms with Gasteiger partial charge in [-0.05, 0) is 57.0 Å². The molecule has 0 heterocycles. The van der Waals surface area contributed by atoms with E-state index in [4.69, 9.17) is 4.74 Å². The zero-order valence-corrected chi connectivity index (χ0v) is 19.3. The van der Waals surface area contributed by atoms with E-state index >= 15 is 0 Å². The quantitative estimate of drug-likeness (QED) is 0.572. The van der Waals surface area contributed by atoms with Crippen molar-refractivity contribution in [2.24, 2.45) is 0 Å². The van der Waals surface area contributed by atoms with E-state index in [1.165, 1.54) is 11.0 Å². The Morgan fingerprint density at radius 2 is 1.90 bits per heavy atom. The summed E-state index contributed by atoms with van der Waals surface area (Å²) in [7, 11) is 0. The maximum Gasteiger partial charge on any atom is 0.261 e. The average molecular weight is 479 g/mol. The molecular formula is C23H28BrFN2O3. The number of rotatable bonds is 9. The molecule has 0 aliphatic carbocycles. The lowest BCUT2D eigenvalue weighted by Gasteiger charge is -2.29. The van der Waals surface area contributed by atoms with Crippen LogP contribution < -0.4 is 10.1 Å². The number of ether oxygens (including phenoxy) is 1. The first-order chi connectivity index (χ1) is 14.2. The van der Waals surface area contributed by atoms with Crippen molar-refractivity contribution in [1.82, 2.24) is 10.2 Å². The molecule has 0 spiro atoms. The summed E-state index contributed by atoms with van der Waals surface area (Å²) in [6, 6.07) is 10.8. The van der Waals surface area contributed by atoms with Gasteiger partial charge in [-0.1, -0.05) is 41.1 Å². The topological polar surface area (TPSA) is 58.6 Å². The van der Waals surface area contributed by atoms with Crippen molar-refractivity contribution < 1.29 is 18.7 Å². The second-order valence-corrected chi connectivity index (χ2v) is 8.16. The molecule has 2 aromatic carbocycles. The molecule has 2 atom stereocenters. The lowest BCUT2D eigenvalue weighted by Crippen LogP contribution is -2.50. The summed E-state index contributed by atoms with van der Waals surface area (Å²) in [5.41, 5.74) is 1.32. The van der Waals surface area contributed by atoms with Gasteiger partial charge in [-0.25, -0.2) is 4.39 Å². The molecule has 7 heteroatoms. The van der Waals surface area contributed by atoms with Crippen LogP contribution in [0.2, 0.25) is 0 Å². The Hall–Kier alpha value is -2.41. The highest BCUT2D eigenvalue weighted by molar-refractivity contribution is 9.10. The highest BCUT2D eigenvalue weighted by Gasteiger charge is 2.27. The normalized spacial score (nSPS) is 12.7. The largest absolute Gasteiger partial charge is 0.484 e. The molecule has 0 bridgehead atoms. The molecule has 0 saturated heterocycles. The third-order valence-electron chi connectivity index (χ3n) is 4.96. The molecule has 30 heavy (non-hydrogen) atoms. The van der Waals surface area contributed by atoms with Crippen LogP contribution in [-0.4, -0.2) is 35.4 Å². The fourth-order valence-electron chi connectivity index (χ4n) is 2.79. The Labute approximate surface area is 185 Å². The van der Waals surface area contributed by atoms with Gasteiger partial charge in [0.1, 0.15) is 17.6 Å². The predicted octanol–water partition coefficient (Wildman–Crippen LogP) is 4.61. The summed E-state index contributed by atoms with van der Waals surface area (Å²) in [5.74, 6) is -0.556. The fourth-order valence-corrected chi connectivity index (χ4v) is 3.04. The van der Waals surface area contributed by atoms with E-state index in [-0.39, 0.29) is 25.1 Å². The first-order valence-corrected chi connectivity index (χ1v) is 10.7. The summed E-state index contributed by atoms with van der Waals surface area (Å²) >= 11 is 3.43. The number of nitrogens with one attached hydrogen (secondary N) is 1. The van der Waals surface area contributed by atoms with E-state index in [0.717, 1.165) is 16.5 Å². The molecule has 1 N–H and O–H groups in total. The minimum atomic E-state index is -0.777. The maximum absolute atomic E-state index is 14.2. The Morgan fingerprint density at radius 1 is 1.20 bits per heavy atom. The van der Waals surface area contributed by atoms with Crippen LogP contribution in [0, 0.1) is 12.7 Å². The van der Waals surface area contributed by atoms with Gasteiger partial charge >= 0.3 is 0 Å². The summed E-state index contributed by atoms with van der Waals surface area (Å²) < 4.78 is 20.8. The SMILES string of the molecule is CC[C@H](C)NC(=O)[C@H](C)N(Cc1ccccc1F)C(=O)COc1ccc(Br)c(C)c1. The first kappa shape index (κ1) is 23.9. The Morgan fingerprint density at radius 3 is 2.53 bits per heavy atom. The van der Waals surface area contributed by atoms with Gasteiger partial charge in [-0.2, -0.15) is 0 Å². The van der Waals surface area contributed by atoms with Crippen LogP contribution in [0.5, 0.6) is 5.75 Å². The standard InChI is InChI=1S/C23H28BrFN2O3/c1-5-16(3)26-23(29)17(4)27(13-18-8-6-7-9-21(18)25)22(28)14-30-19-10-11-20(24)15(2)12-19/h6-12,16-17H,5,13-14H2,1-4H3,(H,26,29)/t16-,17-/m0/s1. The molecule has 0 aromatic heterocycles. The summed E-state index contributed by atoms with van der Waals surface area (Å²) in [6.45, 7) is 7.14. The molecule has 0 aliphatic rings. The van der Waals surface area contributed by atoms with Crippen molar-refractivity contribution in [3.8, 4) is 5.75 Å². The molecule has 0 radical (unpaired) electrons. The van der Waals surface area contributed by atoms with E-state index in [1.54, 1.807) is 31.2 Å². The molecule has 162 valence electrons. The van der Waals surface area contributed by atoms with E-state index in [1.807, 2.05) is 32.9 Å². The van der Waals surface area contributed by atoms with E-state index < -0.39 is 17.8 Å². The summed E-state index contributed by atoms with van der Waals surface area (Å²) in [5, 5.41) is 2.88. The number of aryl methyl sites for hydroxylation is 1. The minimum absolute atomic E-state index is 0.0210. The number of halogens is 2. The average Bonchev–Trinajstić information content (AvgIpc) is 2.73. The molecule has 2 amide bonds. The van der Waals surface area contributed by atoms with Gasteiger partial charge in [0, 0.05) is 22.6 Å². The molecule has 0 saturated carbocycles. The smallest absolute Gasteiger partial charge is 0.261 e. The number of benzene rings is 2. The van der Waals surface area contributed by atoms with Crippen LogP contribution in [-0.2, 0) is 16.1 Å². The highest BCUT2D eigenvalue weighted by Crippen LogP contribution is 2.22. The second-order valence-electron chi connectivity index (χ2n) is 7.31. The predicted molar refractivity (Wildman–Crippen MR) is 119 cm³/mol. The summed E-state index contributed by atoms with van der Waals surface area (Å²) in [6.07, 6.45) is 0.770. The third kappa shape index (κ3) is 6.55. The number of amides is 2. The Balaban J connectivity index is 2.18. The Kier molecular flexibility index (Phi) is 8.84. The van der Waals surface area contributed by atoms with Gasteiger partial charge < -0.3 is 15.0 Å². The molecule has 0 unspecified atom stereocenters. The van der Waals surface area contributed by atoms with Crippen LogP contribution in [0.1, 0.15) is 38.3 Å². The van der Waals surface area contributed by atoms with Crippen LogP contribution in [0.3, 0.4) is 0 Å². The third-order valence-corrected chi connectivity index (χ3v) is 5.85. The van der Waals surface area contributed by atoms with Crippen molar-refractivity contribution >= 4 is 27.7 Å². The number of carbonyl (C=O) groups is 2. The number of carbonyl (C=O) groups excluding carboxylic acids is 2. The van der Waals surface area contributed by atoms with Gasteiger partial charge in [0.2, 0.25) is 5.91 Å². The van der Waals surface area contributed by atoms with Crippen molar-refractivity contribution in [2.75, 3.05) is 6.61 Å². The molecule has 2 rings (SSSR count). The van der Waals surface area contributed by atoms with Crippen molar-refractivity contribution in [3.05, 3.63) is 63.9 Å². The minimum Gasteiger partial charge on any atom is -0.484 e. The van der Waals surface area contributed by atoms with Crippen molar-refractivity contribution in [1.29, 1.82) is 0 Å². The van der Waals surface area contributed by atoms with E-state index in [9.17, 15) is 14.0 Å². The zero-order chi connectivity index (χ0) is 22.3. The monoisotopic (exact) mass is 478 g/mol. The number of hydrogen-bond acceptors (Lipinski definition) is 3. The fraction of sp³-hybridized carbons (Fsp3) is 0.391. The van der Waals surface area contributed by atoms with E-state index in [0.29, 0.717) is 11.3 Å². The maximum atomic E-state index is 14.2. The highest BCUT2D eigenvalue weighted by atomic mass is 79.9. The van der Waals surface area contributed by atoms with Gasteiger partial charge in [0.15, 0.2) is 6.61 Å². The van der Waals surface area contributed by atoms with Crippen molar-refractivity contribution in [2.45, 2.75) is 52.7 Å². The van der Waals surface area contributed by atoms with Gasteiger partial charge in [-0.15, -0.1) is 0 Å². The lowest BCUT2D eigenvalue weighted by molar-refractivity contribution is -0.142. The van der Waals surface area contributed by atoms with E-state index in [2.05, 4.69) is 21.2 Å². The molecule has 2 aromatic rings. The molecule has 0 aliphatic heterocycles. The van der Waals surface area contributed by atoms with Crippen LogP contribution in [0.15, 0.2) is 46.9 Å². The van der Waals surface area contributed by atoms with Crippen LogP contribution >= 0.6 is 15.9 Å². The van der Waals surface area contributed by atoms with Crippen molar-refractivity contribution in [3.63, 3.8) is 0 Å². The van der Waals surface area contributed by atoms with Gasteiger partial charge in [0.25, 0.3) is 5.91 Å². The first-order valence-electron chi connectivity index (χ1n) is 9.95. The number of nitrogens with zero attached hydrogens (tertiary/aromatic N) is 1. The lowest BCUT2D eigenvalue weighted by atomic mass is 10.1. The second kappa shape index (κ2) is 11.1. The van der Waals surface area contributed by atoms with Gasteiger partial charge in [-0.3, -0.25) is 9.59 Å². The van der Waals surface area contributed by atoms with Gasteiger partial charge in [0.05, 0.1) is 0 Å². The van der Waals surface area contributed by atoms with Crippen LogP contribution in [0.4, 0.5) is 4.39 Å². The molecule has 5 nitrogen and oxygen atoms in total. The number of hydrogen-bond donors (Lipinski definition) is 1. The molecule has 0 fully saturated rings. The Bertz CT molecular complexity index is 891. The van der Waals surface area contributed by atoms with Crippen LogP contribution in [0.25, 0.3) is 0 Å².